The number of nitrogens with zero attached hydrogens (tertiary/aromatic N) is 1. The minimum Gasteiger partial charge on any atom is -0.494 e. The number of hydrazone groups is 1. The van der Waals surface area contributed by atoms with Gasteiger partial charge in [0.15, 0.2) is 0 Å². The molecule has 0 aliphatic carbocycles. The first kappa shape index (κ1) is 18.6. The fourth-order valence-corrected chi connectivity index (χ4v) is 2.16. The fraction of sp³-hybridized carbons (Fsp3) is 0.118. The molecule has 25 heavy (non-hydrogen) atoms. The molecule has 0 saturated heterocycles. The Bertz CT molecular complexity index is 794. The van der Waals surface area contributed by atoms with Gasteiger partial charge in [0.25, 0.3) is 0 Å². The summed E-state index contributed by atoms with van der Waals surface area (Å²) in [6.07, 6.45) is 1.38. The van der Waals surface area contributed by atoms with Crippen LogP contribution >= 0.6 is 15.9 Å². The summed E-state index contributed by atoms with van der Waals surface area (Å²) in [5.74, 6) is -1.64. The zero-order chi connectivity index (χ0) is 18.2. The molecule has 0 aliphatic rings. The lowest BCUT2D eigenvalue weighted by Gasteiger charge is -2.05. The van der Waals surface area contributed by atoms with E-state index in [2.05, 4.69) is 31.8 Å². The van der Waals surface area contributed by atoms with Gasteiger partial charge in [-0.25, -0.2) is 9.82 Å². The average Bonchev–Trinajstić information content (AvgIpc) is 2.59. The van der Waals surface area contributed by atoms with Crippen molar-refractivity contribution in [2.75, 3.05) is 11.9 Å². The summed E-state index contributed by atoms with van der Waals surface area (Å²) in [7, 11) is 0. The summed E-state index contributed by atoms with van der Waals surface area (Å²) in [5.41, 5.74) is 3.10. The molecule has 2 amide bonds. The van der Waals surface area contributed by atoms with Crippen molar-refractivity contribution in [1.29, 1.82) is 0 Å². The standard InChI is InChI=1S/C17H15BrFN3O3/c1-2-25-14-7-8-15(18)11(9-14)10-20-22-17(24)16(23)21-13-5-3-12(19)4-6-13/h3-10H,2H2,1H3,(H,21,23)(H,22,24)/b20-10+. The molecule has 0 aliphatic heterocycles. The molecule has 2 aromatic rings. The van der Waals surface area contributed by atoms with Crippen LogP contribution < -0.4 is 15.5 Å². The topological polar surface area (TPSA) is 79.8 Å². The van der Waals surface area contributed by atoms with Gasteiger partial charge in [-0.05, 0) is 49.4 Å². The lowest BCUT2D eigenvalue weighted by Crippen LogP contribution is -2.32. The molecule has 0 atom stereocenters. The molecule has 0 spiro atoms. The Morgan fingerprint density at radius 3 is 2.60 bits per heavy atom. The van der Waals surface area contributed by atoms with Crippen LogP contribution in [0.5, 0.6) is 5.75 Å². The predicted octanol–water partition coefficient (Wildman–Crippen LogP) is 3.08. The van der Waals surface area contributed by atoms with E-state index in [1.807, 2.05) is 6.92 Å². The highest BCUT2D eigenvalue weighted by Crippen LogP contribution is 2.21. The summed E-state index contributed by atoms with van der Waals surface area (Å²) >= 11 is 3.36. The van der Waals surface area contributed by atoms with Gasteiger partial charge in [-0.1, -0.05) is 15.9 Å². The van der Waals surface area contributed by atoms with Crippen LogP contribution in [-0.2, 0) is 9.59 Å². The number of ether oxygens (including phenoxy) is 1. The van der Waals surface area contributed by atoms with Crippen LogP contribution in [0.2, 0.25) is 0 Å². The Kier molecular flexibility index (Phi) is 6.64. The maximum absolute atomic E-state index is 12.8. The average molecular weight is 408 g/mol. The highest BCUT2D eigenvalue weighted by atomic mass is 79.9. The van der Waals surface area contributed by atoms with Crippen molar-refractivity contribution >= 4 is 39.6 Å². The predicted molar refractivity (Wildman–Crippen MR) is 96.1 cm³/mol. The number of amides is 2. The van der Waals surface area contributed by atoms with E-state index in [9.17, 15) is 14.0 Å². The second-order valence-corrected chi connectivity index (χ2v) is 5.63. The van der Waals surface area contributed by atoms with E-state index in [4.69, 9.17) is 4.74 Å². The number of nitrogens with one attached hydrogen (secondary N) is 2. The van der Waals surface area contributed by atoms with Crippen molar-refractivity contribution in [3.63, 3.8) is 0 Å². The number of carbonyl (C=O) groups is 2. The molecule has 0 heterocycles. The Balaban J connectivity index is 1.94. The minimum atomic E-state index is -0.947. The van der Waals surface area contributed by atoms with Crippen molar-refractivity contribution in [3.05, 3.63) is 58.3 Å². The molecule has 0 radical (unpaired) electrons. The van der Waals surface area contributed by atoms with Crippen LogP contribution in [0.25, 0.3) is 0 Å². The molecular weight excluding hydrogens is 393 g/mol. The normalized spacial score (nSPS) is 10.5. The molecule has 6 nitrogen and oxygen atoms in total. The van der Waals surface area contributed by atoms with Crippen LogP contribution in [0.15, 0.2) is 52.0 Å². The van der Waals surface area contributed by atoms with Gasteiger partial charge in [0.2, 0.25) is 0 Å². The van der Waals surface area contributed by atoms with Gasteiger partial charge in [0.1, 0.15) is 11.6 Å². The molecule has 0 bridgehead atoms. The quantitative estimate of drug-likeness (QED) is 0.454. The van der Waals surface area contributed by atoms with E-state index >= 15 is 0 Å². The molecule has 8 heteroatoms. The van der Waals surface area contributed by atoms with Crippen LogP contribution in [0.4, 0.5) is 10.1 Å². The van der Waals surface area contributed by atoms with Crippen molar-refractivity contribution in [2.24, 2.45) is 5.10 Å². The summed E-state index contributed by atoms with van der Waals surface area (Å²) < 4.78 is 18.9. The van der Waals surface area contributed by atoms with E-state index < -0.39 is 17.6 Å². The number of hydrogen-bond donors (Lipinski definition) is 2. The zero-order valence-corrected chi connectivity index (χ0v) is 14.8. The van der Waals surface area contributed by atoms with Crippen molar-refractivity contribution in [2.45, 2.75) is 6.92 Å². The van der Waals surface area contributed by atoms with Crippen LogP contribution in [0.3, 0.4) is 0 Å². The Labute approximate surface area is 152 Å². The second-order valence-electron chi connectivity index (χ2n) is 4.78. The number of hydrogen-bond acceptors (Lipinski definition) is 4. The lowest BCUT2D eigenvalue weighted by atomic mass is 10.2. The number of rotatable bonds is 5. The Hall–Kier alpha value is -2.74. The molecule has 0 fully saturated rings. The highest BCUT2D eigenvalue weighted by molar-refractivity contribution is 9.10. The molecule has 0 aromatic heterocycles. The molecular formula is C17H15BrFN3O3. The zero-order valence-electron chi connectivity index (χ0n) is 13.3. The third-order valence-corrected chi connectivity index (χ3v) is 3.68. The van der Waals surface area contributed by atoms with Gasteiger partial charge < -0.3 is 10.1 Å². The lowest BCUT2D eigenvalue weighted by molar-refractivity contribution is -0.136. The SMILES string of the molecule is CCOc1ccc(Br)c(/C=N/NC(=O)C(=O)Nc2ccc(F)cc2)c1. The monoisotopic (exact) mass is 407 g/mol. The first-order chi connectivity index (χ1) is 12.0. The van der Waals surface area contributed by atoms with E-state index in [0.29, 0.717) is 23.6 Å². The van der Waals surface area contributed by atoms with E-state index in [-0.39, 0.29) is 0 Å². The first-order valence-electron chi connectivity index (χ1n) is 7.32. The summed E-state index contributed by atoms with van der Waals surface area (Å²) in [6.45, 7) is 2.40. The second kappa shape index (κ2) is 8.93. The van der Waals surface area contributed by atoms with Crippen LogP contribution in [0, 0.1) is 5.82 Å². The van der Waals surface area contributed by atoms with Gasteiger partial charge in [-0.15, -0.1) is 0 Å². The number of benzene rings is 2. The van der Waals surface area contributed by atoms with Gasteiger partial charge >= 0.3 is 11.8 Å². The Morgan fingerprint density at radius 2 is 1.92 bits per heavy atom. The maximum atomic E-state index is 12.8. The van der Waals surface area contributed by atoms with Crippen LogP contribution in [0.1, 0.15) is 12.5 Å². The van der Waals surface area contributed by atoms with Gasteiger partial charge in [-0.2, -0.15) is 5.10 Å². The van der Waals surface area contributed by atoms with Gasteiger partial charge in [0.05, 0.1) is 12.8 Å². The highest BCUT2D eigenvalue weighted by Gasteiger charge is 2.12. The third-order valence-electron chi connectivity index (χ3n) is 2.96. The largest absolute Gasteiger partial charge is 0.494 e. The summed E-state index contributed by atoms with van der Waals surface area (Å²) in [6, 6.07) is 10.4. The molecule has 0 saturated carbocycles. The molecule has 0 unspecified atom stereocenters. The molecule has 2 N–H and O–H groups in total. The Morgan fingerprint density at radius 1 is 1.20 bits per heavy atom. The molecule has 2 aromatic carbocycles. The van der Waals surface area contributed by atoms with Crippen molar-refractivity contribution in [3.8, 4) is 5.75 Å². The number of anilines is 1. The van der Waals surface area contributed by atoms with Crippen molar-refractivity contribution < 1.29 is 18.7 Å². The first-order valence-corrected chi connectivity index (χ1v) is 8.11. The van der Waals surface area contributed by atoms with Crippen molar-refractivity contribution in [1.82, 2.24) is 5.43 Å². The fourth-order valence-electron chi connectivity index (χ4n) is 1.81. The number of halogens is 2. The van der Waals surface area contributed by atoms with Crippen LogP contribution in [-0.4, -0.2) is 24.6 Å². The third kappa shape index (κ3) is 5.68. The van der Waals surface area contributed by atoms with Gasteiger partial charge in [0, 0.05) is 15.7 Å². The molecule has 2 rings (SSSR count). The van der Waals surface area contributed by atoms with Gasteiger partial charge in [-0.3, -0.25) is 9.59 Å². The van der Waals surface area contributed by atoms with E-state index in [1.165, 1.54) is 30.5 Å². The summed E-state index contributed by atoms with van der Waals surface area (Å²) in [5, 5.41) is 6.08. The minimum absolute atomic E-state index is 0.303. The smallest absolute Gasteiger partial charge is 0.329 e. The van der Waals surface area contributed by atoms with E-state index in [1.54, 1.807) is 18.2 Å². The maximum Gasteiger partial charge on any atom is 0.329 e. The summed E-state index contributed by atoms with van der Waals surface area (Å²) in [4.78, 5) is 23.4. The number of carbonyl (C=O) groups excluding carboxylic acids is 2. The van der Waals surface area contributed by atoms with E-state index in [0.717, 1.165) is 4.47 Å². The molecule has 130 valence electrons.